The second-order valence-corrected chi connectivity index (χ2v) is 11.3. The molecule has 0 aromatic rings. The molecule has 30 heavy (non-hydrogen) atoms. The van der Waals surface area contributed by atoms with Crippen molar-refractivity contribution in [1.29, 1.82) is 0 Å². The van der Waals surface area contributed by atoms with Crippen molar-refractivity contribution in [2.75, 3.05) is 0 Å². The monoisotopic (exact) mass is 416 g/mol. The lowest BCUT2D eigenvalue weighted by Gasteiger charge is -2.44. The first-order valence-electron chi connectivity index (χ1n) is 12.2. The molecule has 3 saturated carbocycles. The summed E-state index contributed by atoms with van der Waals surface area (Å²) < 4.78 is 0. The van der Waals surface area contributed by atoms with E-state index in [1.54, 1.807) is 5.57 Å². The Morgan fingerprint density at radius 2 is 1.97 bits per heavy atom. The van der Waals surface area contributed by atoms with E-state index in [9.17, 15) is 15.3 Å². The van der Waals surface area contributed by atoms with E-state index in [1.165, 1.54) is 38.5 Å². The van der Waals surface area contributed by atoms with Crippen molar-refractivity contribution in [3.63, 3.8) is 0 Å². The van der Waals surface area contributed by atoms with E-state index in [0.717, 1.165) is 29.9 Å². The Balaban J connectivity index is 1.70. The third-order valence-corrected chi connectivity index (χ3v) is 8.44. The Morgan fingerprint density at radius 1 is 1.23 bits per heavy atom. The van der Waals surface area contributed by atoms with Gasteiger partial charge in [-0.05, 0) is 93.1 Å². The molecule has 0 amide bonds. The minimum Gasteiger partial charge on any atom is -0.393 e. The third-order valence-electron chi connectivity index (χ3n) is 8.44. The topological polar surface area (TPSA) is 60.7 Å². The molecule has 0 heterocycles. The fourth-order valence-electron chi connectivity index (χ4n) is 6.74. The third kappa shape index (κ3) is 5.29. The summed E-state index contributed by atoms with van der Waals surface area (Å²) in [7, 11) is 0. The highest BCUT2D eigenvalue weighted by molar-refractivity contribution is 5.38. The van der Waals surface area contributed by atoms with Crippen molar-refractivity contribution < 1.29 is 15.3 Å². The first kappa shape index (κ1) is 23.8. The van der Waals surface area contributed by atoms with Crippen molar-refractivity contribution in [2.24, 2.45) is 23.2 Å². The fraction of sp³-hybridized carbons (Fsp3) is 0.778. The van der Waals surface area contributed by atoms with Crippen LogP contribution in [0.5, 0.6) is 0 Å². The fourth-order valence-corrected chi connectivity index (χ4v) is 6.74. The number of hydrogen-bond acceptors (Lipinski definition) is 3. The normalized spacial score (nSPS) is 38.8. The van der Waals surface area contributed by atoms with E-state index < -0.39 is 17.8 Å². The summed E-state index contributed by atoms with van der Waals surface area (Å²) in [5.74, 6) is 2.11. The summed E-state index contributed by atoms with van der Waals surface area (Å²) in [5, 5.41) is 30.2. The summed E-state index contributed by atoms with van der Waals surface area (Å²) in [5.41, 5.74) is 3.17. The quantitative estimate of drug-likeness (QED) is 0.520. The smallest absolute Gasteiger partial charge is 0.0811 e. The van der Waals surface area contributed by atoms with Gasteiger partial charge in [0.15, 0.2) is 0 Å². The van der Waals surface area contributed by atoms with Gasteiger partial charge in [0.1, 0.15) is 0 Å². The number of rotatable bonds is 6. The van der Waals surface area contributed by atoms with Gasteiger partial charge in [-0.1, -0.05) is 51.0 Å². The number of allylic oxidation sites excluding steroid dienone is 3. The summed E-state index contributed by atoms with van der Waals surface area (Å²) in [4.78, 5) is 0. The lowest BCUT2D eigenvalue weighted by atomic mass is 9.60. The van der Waals surface area contributed by atoms with Crippen LogP contribution in [0.15, 0.2) is 35.5 Å². The SMILES string of the molecule is C=C1/C(=C/C=C2\CCC[C@]3(C)[C@@H]([C@H](C)CCCC(C)(C)O)CC[C@@H]23)C[C@@H](O)CC1O. The maximum Gasteiger partial charge on any atom is 0.0811 e. The van der Waals surface area contributed by atoms with Crippen LogP contribution in [0, 0.1) is 23.2 Å². The van der Waals surface area contributed by atoms with Crippen molar-refractivity contribution in [1.82, 2.24) is 0 Å². The van der Waals surface area contributed by atoms with E-state index >= 15 is 0 Å². The molecule has 0 aromatic heterocycles. The molecule has 0 spiro atoms. The van der Waals surface area contributed by atoms with Gasteiger partial charge in [0.2, 0.25) is 0 Å². The second kappa shape index (κ2) is 9.30. The first-order chi connectivity index (χ1) is 14.0. The van der Waals surface area contributed by atoms with Crippen molar-refractivity contribution in [2.45, 2.75) is 110 Å². The van der Waals surface area contributed by atoms with Crippen molar-refractivity contribution in [3.05, 3.63) is 35.5 Å². The largest absolute Gasteiger partial charge is 0.393 e. The minimum atomic E-state index is -0.615. The molecule has 3 aliphatic rings. The molecular formula is C27H44O3. The Morgan fingerprint density at radius 3 is 2.67 bits per heavy atom. The molecule has 0 aromatic carbocycles. The molecule has 0 bridgehead atoms. The highest BCUT2D eigenvalue weighted by Crippen LogP contribution is 2.60. The highest BCUT2D eigenvalue weighted by Gasteiger charge is 2.50. The Labute approximate surface area is 184 Å². The minimum absolute atomic E-state index is 0.374. The number of aliphatic hydroxyl groups excluding tert-OH is 2. The molecule has 1 unspecified atom stereocenters. The number of fused-ring (bicyclic) bond motifs is 1. The summed E-state index contributed by atoms with van der Waals surface area (Å²) in [6.07, 6.45) is 13.9. The van der Waals surface area contributed by atoms with Gasteiger partial charge in [0.05, 0.1) is 17.8 Å². The molecule has 3 N–H and O–H groups in total. The summed E-state index contributed by atoms with van der Waals surface area (Å²) >= 11 is 0. The number of aliphatic hydroxyl groups is 3. The van der Waals surface area contributed by atoms with Crippen molar-refractivity contribution >= 4 is 0 Å². The van der Waals surface area contributed by atoms with Crippen LogP contribution in [-0.4, -0.2) is 33.1 Å². The molecule has 170 valence electrons. The van der Waals surface area contributed by atoms with Crippen molar-refractivity contribution in [3.8, 4) is 0 Å². The lowest BCUT2D eigenvalue weighted by molar-refractivity contribution is 0.0596. The predicted molar refractivity (Wildman–Crippen MR) is 124 cm³/mol. The predicted octanol–water partition coefficient (Wildman–Crippen LogP) is 5.70. The average molecular weight is 417 g/mol. The molecule has 0 aliphatic heterocycles. The molecule has 3 aliphatic carbocycles. The molecule has 0 radical (unpaired) electrons. The van der Waals surface area contributed by atoms with Gasteiger partial charge < -0.3 is 15.3 Å². The molecule has 3 rings (SSSR count). The molecule has 0 saturated heterocycles. The Bertz CT molecular complexity index is 683. The number of hydrogen-bond donors (Lipinski definition) is 3. The van der Waals surface area contributed by atoms with Crippen LogP contribution >= 0.6 is 0 Å². The van der Waals surface area contributed by atoms with Crippen LogP contribution in [-0.2, 0) is 0 Å². The van der Waals surface area contributed by atoms with E-state index in [1.807, 2.05) is 13.8 Å². The van der Waals surface area contributed by atoms with Gasteiger partial charge in [-0.25, -0.2) is 0 Å². The zero-order valence-corrected chi connectivity index (χ0v) is 19.7. The Hall–Kier alpha value is -0.900. The van der Waals surface area contributed by atoms with Gasteiger partial charge in [0, 0.05) is 6.42 Å². The zero-order chi connectivity index (χ0) is 22.1. The lowest BCUT2D eigenvalue weighted by Crippen LogP contribution is -2.36. The maximum atomic E-state index is 10.1. The van der Waals surface area contributed by atoms with E-state index in [0.29, 0.717) is 30.1 Å². The van der Waals surface area contributed by atoms with Crippen LogP contribution in [0.25, 0.3) is 0 Å². The maximum absolute atomic E-state index is 10.1. The van der Waals surface area contributed by atoms with Gasteiger partial charge >= 0.3 is 0 Å². The van der Waals surface area contributed by atoms with Gasteiger partial charge in [0.25, 0.3) is 0 Å². The standard InChI is InChI=1S/C27H44O3/c1-18(8-6-14-26(3,4)30)23-12-13-24-20(9-7-15-27(23,24)5)10-11-21-16-22(28)17-25(29)19(21)2/h10-11,18,22-25,28-30H,2,6-9,12-17H2,1,3-5H3/b20-10+,21-11+/t18-,22-,23-,24+,25?,27-/m1/s1. The van der Waals surface area contributed by atoms with Crippen LogP contribution in [0.4, 0.5) is 0 Å². The van der Waals surface area contributed by atoms with Gasteiger partial charge in [-0.3, -0.25) is 0 Å². The Kier molecular flexibility index (Phi) is 7.37. The van der Waals surface area contributed by atoms with Crippen LogP contribution in [0.2, 0.25) is 0 Å². The van der Waals surface area contributed by atoms with E-state index in [-0.39, 0.29) is 0 Å². The van der Waals surface area contributed by atoms with Crippen LogP contribution < -0.4 is 0 Å². The molecule has 3 fully saturated rings. The summed E-state index contributed by atoms with van der Waals surface area (Å²) in [6, 6.07) is 0. The average Bonchev–Trinajstić information content (AvgIpc) is 3.00. The van der Waals surface area contributed by atoms with Gasteiger partial charge in [-0.15, -0.1) is 0 Å². The summed E-state index contributed by atoms with van der Waals surface area (Å²) in [6.45, 7) is 12.8. The molecule has 3 nitrogen and oxygen atoms in total. The highest BCUT2D eigenvalue weighted by atomic mass is 16.3. The first-order valence-corrected chi connectivity index (χ1v) is 12.2. The molecular weight excluding hydrogens is 372 g/mol. The van der Waals surface area contributed by atoms with Gasteiger partial charge in [-0.2, -0.15) is 0 Å². The van der Waals surface area contributed by atoms with E-state index in [2.05, 4.69) is 32.6 Å². The second-order valence-electron chi connectivity index (χ2n) is 11.3. The zero-order valence-electron chi connectivity index (χ0n) is 19.7. The van der Waals surface area contributed by atoms with E-state index in [4.69, 9.17) is 0 Å². The van der Waals surface area contributed by atoms with Crippen LogP contribution in [0.1, 0.15) is 91.9 Å². The molecule has 3 heteroatoms. The molecule has 6 atom stereocenters. The van der Waals surface area contributed by atoms with Crippen LogP contribution in [0.3, 0.4) is 0 Å².